The Hall–Kier alpha value is -4.09. The molecule has 2 aliphatic carbocycles. The Balaban J connectivity index is 1.50. The molecule has 0 radical (unpaired) electrons. The lowest BCUT2D eigenvalue weighted by atomic mass is 9.68. The molecule has 1 amide bonds. The van der Waals surface area contributed by atoms with E-state index in [1.54, 1.807) is 18.2 Å². The number of benzene rings is 2. The number of hydrogen-bond donors (Lipinski definition) is 4. The molecule has 0 bridgehead atoms. The number of nitriles is 1. The molecule has 3 aliphatic rings. The summed E-state index contributed by atoms with van der Waals surface area (Å²) in [5.41, 5.74) is 15.6. The number of amides is 1. The number of carbonyl (C=O) groups excluding carboxylic acids is 1. The van der Waals surface area contributed by atoms with Crippen LogP contribution in [0, 0.1) is 17.2 Å². The second kappa shape index (κ2) is 9.90. The smallest absolute Gasteiger partial charge is 0.318 e. The molecule has 2 aromatic carbocycles. The van der Waals surface area contributed by atoms with Crippen molar-refractivity contribution in [3.05, 3.63) is 88.6 Å². The third kappa shape index (κ3) is 4.57. The van der Waals surface area contributed by atoms with Crippen molar-refractivity contribution in [3.8, 4) is 6.07 Å². The summed E-state index contributed by atoms with van der Waals surface area (Å²) in [5, 5.41) is 24.0. The molecule has 8 nitrogen and oxygen atoms in total. The van der Waals surface area contributed by atoms with Gasteiger partial charge in [0.1, 0.15) is 11.5 Å². The highest BCUT2D eigenvalue weighted by atomic mass is 16.4. The Morgan fingerprint density at radius 1 is 1.13 bits per heavy atom. The maximum atomic E-state index is 13.4. The number of fused-ring (bicyclic) bond motifs is 3. The average molecular weight is 526 g/mol. The Labute approximate surface area is 229 Å². The predicted octanol–water partition coefficient (Wildman–Crippen LogP) is 3.05. The van der Waals surface area contributed by atoms with Crippen LogP contribution >= 0.6 is 0 Å². The van der Waals surface area contributed by atoms with Gasteiger partial charge in [-0.05, 0) is 91.0 Å². The number of carboxylic acid groups (broad SMARTS) is 1. The standard InChI is InChI=1S/C31H35N5O3/c1-17(35-16-18(2)36-25(15-32)12-24-13-28(24)36)14-31(30(38)39)26-8-6-20(19(3)33)10-21(26)4-5-22-11-23(29(34)37)7-9-27(22)31/h6-11,17,24-25,28,35H,2-5,12-14,16,33H2,1H3,(H2,34,37)(H,38,39)/t17-,24+,25?,28-,31?/m0/s1. The number of nitrogens with two attached hydrogens (primary N) is 2. The summed E-state index contributed by atoms with van der Waals surface area (Å²) in [6, 6.07) is 13.1. The molecule has 6 N–H and O–H groups in total. The van der Waals surface area contributed by atoms with Crippen LogP contribution in [0.25, 0.3) is 5.70 Å². The number of carbonyl (C=O) groups is 2. The predicted molar refractivity (Wildman–Crippen MR) is 149 cm³/mol. The van der Waals surface area contributed by atoms with Crippen molar-refractivity contribution in [2.45, 2.75) is 62.6 Å². The van der Waals surface area contributed by atoms with E-state index < -0.39 is 17.3 Å². The van der Waals surface area contributed by atoms with E-state index in [1.807, 2.05) is 25.1 Å². The van der Waals surface area contributed by atoms with Crippen molar-refractivity contribution in [2.75, 3.05) is 6.54 Å². The van der Waals surface area contributed by atoms with Crippen molar-refractivity contribution in [2.24, 2.45) is 17.4 Å². The quantitative estimate of drug-likeness (QED) is 0.394. The highest BCUT2D eigenvalue weighted by molar-refractivity contribution is 5.94. The van der Waals surface area contributed by atoms with E-state index in [2.05, 4.69) is 29.4 Å². The molecular formula is C31H35N5O3. The highest BCUT2D eigenvalue weighted by Crippen LogP contribution is 2.49. The second-order valence-corrected chi connectivity index (χ2v) is 11.2. The minimum absolute atomic E-state index is 0.143. The van der Waals surface area contributed by atoms with Gasteiger partial charge in [-0.25, -0.2) is 0 Å². The van der Waals surface area contributed by atoms with Gasteiger partial charge < -0.3 is 26.8 Å². The van der Waals surface area contributed by atoms with Gasteiger partial charge in [0.15, 0.2) is 0 Å². The van der Waals surface area contributed by atoms with Crippen molar-refractivity contribution >= 4 is 17.6 Å². The van der Waals surface area contributed by atoms with E-state index in [0.717, 1.165) is 35.2 Å². The van der Waals surface area contributed by atoms with Crippen LogP contribution in [0.2, 0.25) is 0 Å². The molecule has 5 atom stereocenters. The molecule has 2 unspecified atom stereocenters. The number of hydrogen-bond acceptors (Lipinski definition) is 6. The van der Waals surface area contributed by atoms with E-state index in [9.17, 15) is 20.0 Å². The van der Waals surface area contributed by atoms with Crippen LogP contribution in [-0.2, 0) is 23.1 Å². The Bertz CT molecular complexity index is 1360. The molecule has 1 saturated carbocycles. The number of nitrogens with zero attached hydrogens (tertiary/aromatic N) is 2. The number of aryl methyl sites for hydroxylation is 2. The van der Waals surface area contributed by atoms with Crippen LogP contribution in [0.1, 0.15) is 64.4 Å². The van der Waals surface area contributed by atoms with Gasteiger partial charge in [-0.15, -0.1) is 0 Å². The molecule has 1 heterocycles. The number of piperidine rings is 1. The number of primary amides is 1. The van der Waals surface area contributed by atoms with Crippen LogP contribution in [0.5, 0.6) is 0 Å². The minimum Gasteiger partial charge on any atom is -0.480 e. The Morgan fingerprint density at radius 2 is 1.74 bits per heavy atom. The van der Waals surface area contributed by atoms with Gasteiger partial charge in [0.25, 0.3) is 0 Å². The lowest BCUT2D eigenvalue weighted by Gasteiger charge is -2.36. The topological polar surface area (TPSA) is 145 Å². The van der Waals surface area contributed by atoms with Gasteiger partial charge in [0.2, 0.25) is 5.91 Å². The molecule has 0 spiro atoms. The number of aliphatic carboxylic acids is 1. The van der Waals surface area contributed by atoms with E-state index in [4.69, 9.17) is 11.5 Å². The van der Waals surface area contributed by atoms with Gasteiger partial charge in [-0.2, -0.15) is 5.26 Å². The summed E-state index contributed by atoms with van der Waals surface area (Å²) in [5.74, 6) is -0.931. The number of rotatable bonds is 9. The molecule has 202 valence electrons. The molecule has 0 aromatic heterocycles. The highest BCUT2D eigenvalue weighted by Gasteiger charge is 2.52. The Kier molecular flexibility index (Phi) is 6.73. The van der Waals surface area contributed by atoms with Gasteiger partial charge >= 0.3 is 5.97 Å². The SMILES string of the molecule is C=C(N)c1ccc2c(c1)CCc1cc(C(N)=O)ccc1C2(C[C@H](C)NCC(=C)N1C(C#N)C[C@@H]2C[C@@H]21)C(=O)O. The summed E-state index contributed by atoms with van der Waals surface area (Å²) >= 11 is 0. The fourth-order valence-electron chi connectivity index (χ4n) is 6.68. The lowest BCUT2D eigenvalue weighted by Crippen LogP contribution is -2.45. The zero-order valence-corrected chi connectivity index (χ0v) is 22.2. The van der Waals surface area contributed by atoms with Gasteiger partial charge in [0.05, 0.1) is 6.07 Å². The van der Waals surface area contributed by atoms with Crippen LogP contribution in [-0.4, -0.2) is 46.6 Å². The van der Waals surface area contributed by atoms with Gasteiger partial charge in [-0.1, -0.05) is 31.4 Å². The first-order valence-corrected chi connectivity index (χ1v) is 13.4. The summed E-state index contributed by atoms with van der Waals surface area (Å²) < 4.78 is 0. The molecule has 5 rings (SSSR count). The van der Waals surface area contributed by atoms with Crippen LogP contribution < -0.4 is 16.8 Å². The normalized spacial score (nSPS) is 25.3. The first kappa shape index (κ1) is 26.5. The minimum atomic E-state index is -1.37. The molecule has 39 heavy (non-hydrogen) atoms. The monoisotopic (exact) mass is 525 g/mol. The molecule has 1 aliphatic heterocycles. The Morgan fingerprint density at radius 3 is 2.31 bits per heavy atom. The number of carboxylic acids is 1. The third-order valence-electron chi connectivity index (χ3n) is 8.70. The zero-order valence-electron chi connectivity index (χ0n) is 22.2. The van der Waals surface area contributed by atoms with E-state index >= 15 is 0 Å². The number of likely N-dealkylation sites (tertiary alicyclic amines) is 1. The van der Waals surface area contributed by atoms with Crippen molar-refractivity contribution in [1.29, 1.82) is 5.26 Å². The summed E-state index contributed by atoms with van der Waals surface area (Å²) in [6.07, 6.45) is 3.40. The van der Waals surface area contributed by atoms with Crippen molar-refractivity contribution in [1.82, 2.24) is 10.2 Å². The third-order valence-corrected chi connectivity index (χ3v) is 8.70. The molecule has 2 aromatic rings. The summed E-state index contributed by atoms with van der Waals surface area (Å²) in [6.45, 7) is 10.5. The largest absolute Gasteiger partial charge is 0.480 e. The maximum Gasteiger partial charge on any atom is 0.318 e. The molecule has 8 heteroatoms. The summed E-state index contributed by atoms with van der Waals surface area (Å²) in [7, 11) is 0. The van der Waals surface area contributed by atoms with E-state index in [1.165, 1.54) is 0 Å². The maximum absolute atomic E-state index is 13.4. The molecule has 1 saturated heterocycles. The molecule has 2 fully saturated rings. The van der Waals surface area contributed by atoms with Crippen LogP contribution in [0.4, 0.5) is 0 Å². The average Bonchev–Trinajstić information content (AvgIpc) is 3.60. The molecular weight excluding hydrogens is 490 g/mol. The van der Waals surface area contributed by atoms with Gasteiger partial charge in [-0.3, -0.25) is 9.59 Å². The van der Waals surface area contributed by atoms with Gasteiger partial charge in [0, 0.05) is 35.6 Å². The zero-order chi connectivity index (χ0) is 28.1. The first-order valence-electron chi connectivity index (χ1n) is 13.4. The van der Waals surface area contributed by atoms with E-state index in [-0.39, 0.29) is 18.5 Å². The first-order chi connectivity index (χ1) is 18.6. The van der Waals surface area contributed by atoms with Crippen molar-refractivity contribution in [3.63, 3.8) is 0 Å². The fraction of sp³-hybridized carbons (Fsp3) is 0.387. The fourth-order valence-corrected chi connectivity index (χ4v) is 6.68. The second-order valence-electron chi connectivity index (χ2n) is 11.2. The lowest BCUT2D eigenvalue weighted by molar-refractivity contribution is -0.142. The number of nitrogens with one attached hydrogen (secondary N) is 1. The van der Waals surface area contributed by atoms with Crippen molar-refractivity contribution < 1.29 is 14.7 Å². The van der Waals surface area contributed by atoms with Crippen LogP contribution in [0.3, 0.4) is 0 Å². The summed E-state index contributed by atoms with van der Waals surface area (Å²) in [4.78, 5) is 27.5. The van der Waals surface area contributed by atoms with Crippen LogP contribution in [0.15, 0.2) is 55.3 Å². The van der Waals surface area contributed by atoms with E-state index in [0.29, 0.717) is 53.7 Å².